The second-order valence-electron chi connectivity index (χ2n) is 4.75. The van der Waals surface area contributed by atoms with Gasteiger partial charge in [0.2, 0.25) is 0 Å². The fourth-order valence-corrected chi connectivity index (χ4v) is 1.88. The van der Waals surface area contributed by atoms with Crippen LogP contribution in [0.2, 0.25) is 0 Å². The Kier molecular flexibility index (Phi) is 4.40. The third-order valence-electron chi connectivity index (χ3n) is 3.18. The number of rotatable bonds is 5. The van der Waals surface area contributed by atoms with E-state index in [9.17, 15) is 4.79 Å². The van der Waals surface area contributed by atoms with Crippen LogP contribution < -0.4 is 4.74 Å². The predicted molar refractivity (Wildman–Crippen MR) is 77.0 cm³/mol. The number of carbonyl (C=O) groups excluding carboxylic acids is 1. The van der Waals surface area contributed by atoms with Crippen molar-refractivity contribution in [3.05, 3.63) is 47.3 Å². The Morgan fingerprint density at radius 2 is 2.10 bits per heavy atom. The van der Waals surface area contributed by atoms with Crippen LogP contribution in [0.25, 0.3) is 0 Å². The van der Waals surface area contributed by atoms with Crippen LogP contribution >= 0.6 is 0 Å². The molecule has 0 saturated heterocycles. The van der Waals surface area contributed by atoms with Crippen LogP contribution in [0, 0.1) is 13.8 Å². The molecular formula is C15H19N3O2. The lowest BCUT2D eigenvalue weighted by Crippen LogP contribution is -2.31. The minimum atomic E-state index is -0.0513. The smallest absolute Gasteiger partial charge is 0.257 e. The van der Waals surface area contributed by atoms with Crippen molar-refractivity contribution >= 4 is 5.91 Å². The van der Waals surface area contributed by atoms with E-state index in [0.29, 0.717) is 18.7 Å². The molecule has 1 amide bonds. The Hall–Kier alpha value is -2.30. The lowest BCUT2D eigenvalue weighted by Gasteiger charge is -2.17. The van der Waals surface area contributed by atoms with Gasteiger partial charge in [-0.2, -0.15) is 5.10 Å². The molecule has 1 N–H and O–H groups in total. The highest BCUT2D eigenvalue weighted by atomic mass is 16.5. The average molecular weight is 273 g/mol. The zero-order chi connectivity index (χ0) is 14.5. The molecule has 5 heteroatoms. The van der Waals surface area contributed by atoms with Crippen molar-refractivity contribution in [1.29, 1.82) is 0 Å². The fraction of sp³-hybridized carbons (Fsp3) is 0.333. The monoisotopic (exact) mass is 273 g/mol. The average Bonchev–Trinajstić information content (AvgIpc) is 2.86. The molecule has 0 aliphatic carbocycles. The van der Waals surface area contributed by atoms with Gasteiger partial charge in [-0.25, -0.2) is 0 Å². The quantitative estimate of drug-likeness (QED) is 0.908. The first kappa shape index (κ1) is 14.1. The summed E-state index contributed by atoms with van der Waals surface area (Å²) >= 11 is 0. The van der Waals surface area contributed by atoms with E-state index >= 15 is 0 Å². The van der Waals surface area contributed by atoms with E-state index in [2.05, 4.69) is 10.2 Å². The molecule has 0 bridgehead atoms. The van der Waals surface area contributed by atoms with Gasteiger partial charge in [0.15, 0.2) is 0 Å². The topological polar surface area (TPSA) is 58.2 Å². The number of ether oxygens (including phenoxy) is 1. The standard InChI is InChI=1S/C15H19N3O2/c1-11-6-4-5-7-14(11)20-9-8-18(3)15(19)13-10-16-17-12(13)2/h4-7,10H,8-9H2,1-3H3,(H,16,17). The van der Waals surface area contributed by atoms with Crippen LogP contribution in [0.5, 0.6) is 5.75 Å². The van der Waals surface area contributed by atoms with E-state index in [1.54, 1.807) is 18.1 Å². The molecule has 0 aliphatic rings. The number of H-pyrrole nitrogens is 1. The Morgan fingerprint density at radius 1 is 1.35 bits per heavy atom. The van der Waals surface area contributed by atoms with E-state index < -0.39 is 0 Å². The van der Waals surface area contributed by atoms with Crippen LogP contribution in [0.3, 0.4) is 0 Å². The Balaban J connectivity index is 1.87. The summed E-state index contributed by atoms with van der Waals surface area (Å²) in [7, 11) is 1.76. The zero-order valence-corrected chi connectivity index (χ0v) is 12.0. The molecule has 0 saturated carbocycles. The van der Waals surface area contributed by atoms with E-state index in [0.717, 1.165) is 17.0 Å². The normalized spacial score (nSPS) is 10.3. The second-order valence-corrected chi connectivity index (χ2v) is 4.75. The lowest BCUT2D eigenvalue weighted by molar-refractivity contribution is 0.0773. The number of likely N-dealkylation sites (N-methyl/N-ethyl adjacent to an activating group) is 1. The number of aryl methyl sites for hydroxylation is 2. The van der Waals surface area contributed by atoms with E-state index in [1.165, 1.54) is 0 Å². The van der Waals surface area contributed by atoms with Gasteiger partial charge in [0.1, 0.15) is 12.4 Å². The van der Waals surface area contributed by atoms with Crippen molar-refractivity contribution < 1.29 is 9.53 Å². The van der Waals surface area contributed by atoms with Gasteiger partial charge >= 0.3 is 0 Å². The minimum absolute atomic E-state index is 0.0513. The maximum Gasteiger partial charge on any atom is 0.257 e. The van der Waals surface area contributed by atoms with Crippen molar-refractivity contribution in [3.8, 4) is 5.75 Å². The summed E-state index contributed by atoms with van der Waals surface area (Å²) in [5.41, 5.74) is 2.47. The summed E-state index contributed by atoms with van der Waals surface area (Å²) in [6, 6.07) is 7.84. The van der Waals surface area contributed by atoms with Gasteiger partial charge in [-0.05, 0) is 25.5 Å². The molecule has 20 heavy (non-hydrogen) atoms. The highest BCUT2D eigenvalue weighted by Crippen LogP contribution is 2.16. The first-order chi connectivity index (χ1) is 9.59. The number of nitrogens with zero attached hydrogens (tertiary/aromatic N) is 2. The number of nitrogens with one attached hydrogen (secondary N) is 1. The number of carbonyl (C=O) groups is 1. The van der Waals surface area contributed by atoms with Gasteiger partial charge < -0.3 is 9.64 Å². The number of aromatic amines is 1. The van der Waals surface area contributed by atoms with Crippen LogP contribution in [0.4, 0.5) is 0 Å². The van der Waals surface area contributed by atoms with Gasteiger partial charge in [-0.15, -0.1) is 0 Å². The molecule has 0 atom stereocenters. The maximum atomic E-state index is 12.1. The third-order valence-corrected chi connectivity index (χ3v) is 3.18. The van der Waals surface area contributed by atoms with Crippen LogP contribution in [-0.4, -0.2) is 41.2 Å². The van der Waals surface area contributed by atoms with Crippen LogP contribution in [-0.2, 0) is 0 Å². The number of hydrogen-bond acceptors (Lipinski definition) is 3. The van der Waals surface area contributed by atoms with E-state index in [1.807, 2.05) is 38.1 Å². The molecule has 1 aromatic heterocycles. The highest BCUT2D eigenvalue weighted by Gasteiger charge is 2.15. The molecule has 106 valence electrons. The lowest BCUT2D eigenvalue weighted by atomic mass is 10.2. The zero-order valence-electron chi connectivity index (χ0n) is 12.0. The molecule has 0 aliphatic heterocycles. The van der Waals surface area contributed by atoms with Gasteiger partial charge in [0.05, 0.1) is 18.3 Å². The Bertz CT molecular complexity index is 592. The Morgan fingerprint density at radius 3 is 2.75 bits per heavy atom. The molecule has 1 aromatic carbocycles. The van der Waals surface area contributed by atoms with Crippen molar-refractivity contribution in [1.82, 2.24) is 15.1 Å². The number of para-hydroxylation sites is 1. The summed E-state index contributed by atoms with van der Waals surface area (Å²) in [4.78, 5) is 13.8. The molecule has 2 rings (SSSR count). The van der Waals surface area contributed by atoms with Crippen molar-refractivity contribution in [2.24, 2.45) is 0 Å². The number of benzene rings is 1. The first-order valence-corrected chi connectivity index (χ1v) is 6.53. The van der Waals surface area contributed by atoms with Crippen molar-refractivity contribution in [3.63, 3.8) is 0 Å². The molecule has 2 aromatic rings. The molecule has 0 spiro atoms. The molecule has 0 unspecified atom stereocenters. The first-order valence-electron chi connectivity index (χ1n) is 6.53. The molecule has 5 nitrogen and oxygen atoms in total. The van der Waals surface area contributed by atoms with Gasteiger partial charge in [-0.1, -0.05) is 18.2 Å². The van der Waals surface area contributed by atoms with Gasteiger partial charge in [0, 0.05) is 12.7 Å². The highest BCUT2D eigenvalue weighted by molar-refractivity contribution is 5.94. The molecule has 1 heterocycles. The van der Waals surface area contributed by atoms with Crippen molar-refractivity contribution in [2.45, 2.75) is 13.8 Å². The third kappa shape index (κ3) is 3.17. The van der Waals surface area contributed by atoms with Gasteiger partial charge in [-0.3, -0.25) is 9.89 Å². The summed E-state index contributed by atoms with van der Waals surface area (Å²) in [6.45, 7) is 4.82. The summed E-state index contributed by atoms with van der Waals surface area (Å²) in [5, 5.41) is 6.63. The number of hydrogen-bond donors (Lipinski definition) is 1. The molecule has 0 radical (unpaired) electrons. The number of aromatic nitrogens is 2. The number of amides is 1. The molecular weight excluding hydrogens is 254 g/mol. The summed E-state index contributed by atoms with van der Waals surface area (Å²) in [6.07, 6.45) is 1.55. The SMILES string of the molecule is Cc1ccccc1OCCN(C)C(=O)c1cn[nH]c1C. The van der Waals surface area contributed by atoms with Crippen LogP contribution in [0.1, 0.15) is 21.6 Å². The minimum Gasteiger partial charge on any atom is -0.491 e. The predicted octanol–water partition coefficient (Wildman–Crippen LogP) is 2.18. The largest absolute Gasteiger partial charge is 0.491 e. The summed E-state index contributed by atoms with van der Waals surface area (Å²) in [5.74, 6) is 0.803. The second kappa shape index (κ2) is 6.23. The van der Waals surface area contributed by atoms with E-state index in [4.69, 9.17) is 4.74 Å². The van der Waals surface area contributed by atoms with E-state index in [-0.39, 0.29) is 5.91 Å². The summed E-state index contributed by atoms with van der Waals surface area (Å²) < 4.78 is 5.69. The fourth-order valence-electron chi connectivity index (χ4n) is 1.88. The van der Waals surface area contributed by atoms with Crippen molar-refractivity contribution in [2.75, 3.05) is 20.2 Å². The maximum absolute atomic E-state index is 12.1. The van der Waals surface area contributed by atoms with Crippen LogP contribution in [0.15, 0.2) is 30.5 Å². The Labute approximate surface area is 118 Å². The molecule has 0 fully saturated rings. The van der Waals surface area contributed by atoms with Gasteiger partial charge in [0.25, 0.3) is 5.91 Å².